The van der Waals surface area contributed by atoms with E-state index in [4.69, 9.17) is 20.4 Å². The van der Waals surface area contributed by atoms with Crippen LogP contribution in [0, 0.1) is 0 Å². The lowest BCUT2D eigenvalue weighted by Gasteiger charge is -2.18. The second kappa shape index (κ2) is 7.22. The molecule has 2 unspecified atom stereocenters. The molecule has 9 nitrogen and oxygen atoms in total. The Morgan fingerprint density at radius 3 is 1.67 bits per heavy atom. The number of rotatable bonds is 9. The molecule has 0 saturated heterocycles. The Labute approximate surface area is 101 Å². The molecule has 0 aliphatic heterocycles. The number of hydrogen-bond donors (Lipinski definition) is 5. The third kappa shape index (κ3) is 6.43. The zero-order valence-corrected chi connectivity index (χ0v) is 9.20. The summed E-state index contributed by atoms with van der Waals surface area (Å²) in [6, 6.07) is -3.01. The van der Waals surface area contributed by atoms with E-state index in [0.29, 0.717) is 0 Å². The zero-order valence-electron chi connectivity index (χ0n) is 9.20. The topological polar surface area (TPSA) is 161 Å². The van der Waals surface area contributed by atoms with Gasteiger partial charge in [0.15, 0.2) is 0 Å². The Hall–Kier alpha value is -2.16. The van der Waals surface area contributed by atoms with Crippen molar-refractivity contribution in [2.24, 2.45) is 0 Å². The van der Waals surface area contributed by atoms with Gasteiger partial charge in [0, 0.05) is 6.42 Å². The summed E-state index contributed by atoms with van der Waals surface area (Å²) in [5.41, 5.74) is 0. The van der Waals surface area contributed by atoms with E-state index in [9.17, 15) is 19.2 Å². The predicted octanol–water partition coefficient (Wildman–Crippen LogP) is -1.18. The standard InChI is InChI=1S/C9H13NO8/c11-6(12)2-1-4(8(15)16)10-5(9(17)18)3-7(13)14/h4-5,10H,1-3H2,(H,11,12)(H,13,14)(H,15,16)(H,17,18). The van der Waals surface area contributed by atoms with Crippen molar-refractivity contribution in [2.45, 2.75) is 31.3 Å². The number of nitrogens with one attached hydrogen (secondary N) is 1. The second-order valence-corrected chi connectivity index (χ2v) is 3.48. The highest BCUT2D eigenvalue weighted by Gasteiger charge is 2.28. The van der Waals surface area contributed by atoms with Crippen LogP contribution in [0.2, 0.25) is 0 Å². The third-order valence-corrected chi connectivity index (χ3v) is 2.02. The molecule has 0 rings (SSSR count). The van der Waals surface area contributed by atoms with Gasteiger partial charge < -0.3 is 20.4 Å². The van der Waals surface area contributed by atoms with Crippen molar-refractivity contribution in [1.82, 2.24) is 5.32 Å². The first-order valence-corrected chi connectivity index (χ1v) is 4.89. The van der Waals surface area contributed by atoms with Crippen LogP contribution in [0.3, 0.4) is 0 Å². The fourth-order valence-electron chi connectivity index (χ4n) is 1.18. The molecular weight excluding hydrogens is 250 g/mol. The van der Waals surface area contributed by atoms with Crippen LogP contribution in [0.4, 0.5) is 0 Å². The van der Waals surface area contributed by atoms with Crippen molar-refractivity contribution < 1.29 is 39.6 Å². The first-order valence-electron chi connectivity index (χ1n) is 4.89. The highest BCUT2D eigenvalue weighted by Crippen LogP contribution is 2.02. The van der Waals surface area contributed by atoms with E-state index >= 15 is 0 Å². The molecule has 0 bridgehead atoms. The lowest BCUT2D eigenvalue weighted by molar-refractivity contribution is -0.148. The Bertz CT molecular complexity index is 352. The number of hydrogen-bond acceptors (Lipinski definition) is 5. The average Bonchev–Trinajstić information content (AvgIpc) is 2.20. The van der Waals surface area contributed by atoms with Crippen LogP contribution in [0.15, 0.2) is 0 Å². The van der Waals surface area contributed by atoms with Gasteiger partial charge in [-0.1, -0.05) is 0 Å². The van der Waals surface area contributed by atoms with E-state index in [0.717, 1.165) is 0 Å². The molecule has 9 heteroatoms. The van der Waals surface area contributed by atoms with Crippen LogP contribution in [0.1, 0.15) is 19.3 Å². The van der Waals surface area contributed by atoms with Crippen LogP contribution in [0.5, 0.6) is 0 Å². The van der Waals surface area contributed by atoms with Gasteiger partial charge in [0.25, 0.3) is 0 Å². The summed E-state index contributed by atoms with van der Waals surface area (Å²) in [7, 11) is 0. The van der Waals surface area contributed by atoms with Gasteiger partial charge in [-0.05, 0) is 6.42 Å². The van der Waals surface area contributed by atoms with Gasteiger partial charge in [-0.3, -0.25) is 24.5 Å². The molecule has 0 amide bonds. The normalized spacial score (nSPS) is 13.6. The molecule has 0 aromatic rings. The quantitative estimate of drug-likeness (QED) is 0.344. The minimum atomic E-state index is -1.59. The van der Waals surface area contributed by atoms with E-state index < -0.39 is 48.8 Å². The van der Waals surface area contributed by atoms with Crippen LogP contribution < -0.4 is 5.32 Å². The molecule has 0 aliphatic carbocycles. The SMILES string of the molecule is O=C(O)CCC(NC(CC(=O)O)C(=O)O)C(=O)O. The first kappa shape index (κ1) is 15.8. The highest BCUT2D eigenvalue weighted by molar-refractivity contribution is 5.82. The molecule has 18 heavy (non-hydrogen) atoms. The minimum Gasteiger partial charge on any atom is -0.481 e. The van der Waals surface area contributed by atoms with Crippen molar-refractivity contribution in [2.75, 3.05) is 0 Å². The molecule has 0 spiro atoms. The number of carbonyl (C=O) groups is 4. The van der Waals surface area contributed by atoms with E-state index in [1.54, 1.807) is 0 Å². The molecule has 0 radical (unpaired) electrons. The summed E-state index contributed by atoms with van der Waals surface area (Å²) in [6.07, 6.45) is -1.61. The number of carboxylic acid groups (broad SMARTS) is 4. The first-order chi connectivity index (χ1) is 8.23. The van der Waals surface area contributed by atoms with E-state index in [1.165, 1.54) is 0 Å². The fraction of sp³-hybridized carbons (Fsp3) is 0.556. The van der Waals surface area contributed by atoms with Gasteiger partial charge in [0.1, 0.15) is 12.1 Å². The minimum absolute atomic E-state index is 0.339. The monoisotopic (exact) mass is 263 g/mol. The van der Waals surface area contributed by atoms with Crippen LogP contribution in [-0.2, 0) is 19.2 Å². The molecule has 102 valence electrons. The average molecular weight is 263 g/mol. The zero-order chi connectivity index (χ0) is 14.3. The van der Waals surface area contributed by atoms with Crippen molar-refractivity contribution >= 4 is 23.9 Å². The Morgan fingerprint density at radius 2 is 1.33 bits per heavy atom. The second-order valence-electron chi connectivity index (χ2n) is 3.48. The highest BCUT2D eigenvalue weighted by atomic mass is 16.4. The van der Waals surface area contributed by atoms with Crippen molar-refractivity contribution in [1.29, 1.82) is 0 Å². The fourth-order valence-corrected chi connectivity index (χ4v) is 1.18. The van der Waals surface area contributed by atoms with Gasteiger partial charge in [-0.25, -0.2) is 0 Å². The molecule has 5 N–H and O–H groups in total. The number of carboxylic acids is 4. The molecule has 2 atom stereocenters. The van der Waals surface area contributed by atoms with Crippen LogP contribution >= 0.6 is 0 Å². The van der Waals surface area contributed by atoms with E-state index in [2.05, 4.69) is 5.32 Å². The largest absolute Gasteiger partial charge is 0.481 e. The van der Waals surface area contributed by atoms with Gasteiger partial charge in [-0.15, -0.1) is 0 Å². The summed E-state index contributed by atoms with van der Waals surface area (Å²) < 4.78 is 0. The van der Waals surface area contributed by atoms with Gasteiger partial charge >= 0.3 is 23.9 Å². The Kier molecular flexibility index (Phi) is 6.35. The summed E-state index contributed by atoms with van der Waals surface area (Å²) in [5.74, 6) is -5.59. The Morgan fingerprint density at radius 1 is 0.833 bits per heavy atom. The smallest absolute Gasteiger partial charge is 0.321 e. The summed E-state index contributed by atoms with van der Waals surface area (Å²) in [5, 5.41) is 36.4. The molecule has 0 aliphatic rings. The number of aliphatic carboxylic acids is 4. The van der Waals surface area contributed by atoms with E-state index in [-0.39, 0.29) is 6.42 Å². The van der Waals surface area contributed by atoms with Crippen molar-refractivity contribution in [3.05, 3.63) is 0 Å². The molecule has 0 aromatic carbocycles. The van der Waals surface area contributed by atoms with Gasteiger partial charge in [0.2, 0.25) is 0 Å². The lowest BCUT2D eigenvalue weighted by Crippen LogP contribution is -2.48. The van der Waals surface area contributed by atoms with Crippen LogP contribution in [-0.4, -0.2) is 56.4 Å². The maximum atomic E-state index is 10.8. The van der Waals surface area contributed by atoms with Gasteiger partial charge in [-0.2, -0.15) is 0 Å². The summed E-state index contributed by atoms with van der Waals surface area (Å²) in [4.78, 5) is 42.1. The molecular formula is C9H13NO8. The maximum absolute atomic E-state index is 10.8. The third-order valence-electron chi connectivity index (χ3n) is 2.02. The lowest BCUT2D eigenvalue weighted by atomic mass is 10.1. The van der Waals surface area contributed by atoms with Gasteiger partial charge in [0.05, 0.1) is 6.42 Å². The maximum Gasteiger partial charge on any atom is 0.321 e. The van der Waals surface area contributed by atoms with Crippen molar-refractivity contribution in [3.63, 3.8) is 0 Å². The molecule has 0 heterocycles. The Balaban J connectivity index is 4.60. The predicted molar refractivity (Wildman–Crippen MR) is 55.1 cm³/mol. The summed E-state index contributed by atoms with van der Waals surface area (Å²) in [6.45, 7) is 0. The molecule has 0 fully saturated rings. The van der Waals surface area contributed by atoms with Crippen LogP contribution in [0.25, 0.3) is 0 Å². The molecule has 0 saturated carbocycles. The van der Waals surface area contributed by atoms with E-state index in [1.807, 2.05) is 0 Å². The summed E-state index contributed by atoms with van der Waals surface area (Å²) >= 11 is 0. The van der Waals surface area contributed by atoms with Crippen molar-refractivity contribution in [3.8, 4) is 0 Å². The molecule has 0 aromatic heterocycles.